The fraction of sp³-hybridized carbons (Fsp3) is 0.500. The van der Waals surface area contributed by atoms with Gasteiger partial charge in [-0.3, -0.25) is 20.2 Å². The molecule has 20 heavy (non-hydrogen) atoms. The van der Waals surface area contributed by atoms with Gasteiger partial charge in [0.1, 0.15) is 0 Å². The number of aliphatic hydroxyl groups is 1. The second-order valence-electron chi connectivity index (χ2n) is 4.40. The Morgan fingerprint density at radius 1 is 1.30 bits per heavy atom. The van der Waals surface area contributed by atoms with Gasteiger partial charge in [-0.1, -0.05) is 13.3 Å². The Kier molecular flexibility index (Phi) is 6.01. The quantitative estimate of drug-likeness (QED) is 0.554. The van der Waals surface area contributed by atoms with Crippen LogP contribution in [0.15, 0.2) is 18.2 Å². The van der Waals surface area contributed by atoms with Crippen molar-refractivity contribution in [3.8, 4) is 0 Å². The molecule has 0 aliphatic carbocycles. The summed E-state index contributed by atoms with van der Waals surface area (Å²) in [5.74, 6) is 0. The van der Waals surface area contributed by atoms with E-state index in [1.807, 2.05) is 6.92 Å². The predicted octanol–water partition coefficient (Wildman–Crippen LogP) is 1.75. The second kappa shape index (κ2) is 7.51. The van der Waals surface area contributed by atoms with Crippen LogP contribution >= 0.6 is 0 Å². The third-order valence-corrected chi connectivity index (χ3v) is 2.79. The number of hydrogen-bond donors (Lipinski definition) is 2. The molecule has 110 valence electrons. The molecule has 1 atom stereocenters. The summed E-state index contributed by atoms with van der Waals surface area (Å²) < 4.78 is 0. The number of rotatable bonds is 8. The van der Waals surface area contributed by atoms with Crippen molar-refractivity contribution in [2.75, 3.05) is 6.54 Å². The fourth-order valence-electron chi connectivity index (χ4n) is 1.79. The molecule has 1 aromatic carbocycles. The van der Waals surface area contributed by atoms with Crippen LogP contribution in [0.5, 0.6) is 0 Å². The van der Waals surface area contributed by atoms with Crippen LogP contribution in [-0.2, 0) is 6.54 Å². The van der Waals surface area contributed by atoms with Gasteiger partial charge < -0.3 is 10.4 Å². The maximum absolute atomic E-state index is 10.9. The van der Waals surface area contributed by atoms with Gasteiger partial charge in [-0.05, 0) is 12.5 Å². The molecule has 2 N–H and O–H groups in total. The molecule has 0 saturated carbocycles. The van der Waals surface area contributed by atoms with Gasteiger partial charge in [0.05, 0.1) is 22.0 Å². The lowest BCUT2D eigenvalue weighted by Crippen LogP contribution is -2.26. The summed E-state index contributed by atoms with van der Waals surface area (Å²) in [6, 6.07) is 3.53. The Hall–Kier alpha value is -2.06. The van der Waals surface area contributed by atoms with E-state index in [1.165, 1.54) is 12.1 Å². The van der Waals surface area contributed by atoms with Gasteiger partial charge >= 0.3 is 0 Å². The lowest BCUT2D eigenvalue weighted by molar-refractivity contribution is -0.394. The molecule has 1 unspecified atom stereocenters. The molecule has 0 radical (unpaired) electrons. The average molecular weight is 283 g/mol. The molecule has 1 aromatic rings. The molecule has 0 spiro atoms. The van der Waals surface area contributed by atoms with Crippen LogP contribution in [0.1, 0.15) is 25.3 Å². The van der Waals surface area contributed by atoms with Crippen LogP contribution in [-0.4, -0.2) is 27.6 Å². The zero-order valence-corrected chi connectivity index (χ0v) is 11.1. The number of nitro groups is 2. The normalized spacial score (nSPS) is 12.1. The van der Waals surface area contributed by atoms with E-state index in [1.54, 1.807) is 0 Å². The minimum Gasteiger partial charge on any atom is -0.392 e. The molecule has 0 bridgehead atoms. The summed E-state index contributed by atoms with van der Waals surface area (Å²) in [6.07, 6.45) is 0.993. The molecular formula is C12H17N3O5. The number of hydrogen-bond acceptors (Lipinski definition) is 6. The number of benzene rings is 1. The predicted molar refractivity (Wildman–Crippen MR) is 72.4 cm³/mol. The Morgan fingerprint density at radius 3 is 2.55 bits per heavy atom. The minimum absolute atomic E-state index is 0.176. The van der Waals surface area contributed by atoms with Crippen LogP contribution in [0.2, 0.25) is 0 Å². The van der Waals surface area contributed by atoms with Crippen molar-refractivity contribution < 1.29 is 15.0 Å². The average Bonchev–Trinajstić information content (AvgIpc) is 2.38. The number of nitrogens with zero attached hydrogens (tertiary/aromatic N) is 2. The Bertz CT molecular complexity index is 492. The first kappa shape index (κ1) is 16.0. The molecule has 8 nitrogen and oxygen atoms in total. The molecule has 0 fully saturated rings. The number of aliphatic hydroxyl groups excluding tert-OH is 1. The van der Waals surface area contributed by atoms with Crippen molar-refractivity contribution >= 4 is 11.4 Å². The third kappa shape index (κ3) is 4.56. The zero-order valence-electron chi connectivity index (χ0n) is 11.1. The lowest BCUT2D eigenvalue weighted by atomic mass is 10.1. The van der Waals surface area contributed by atoms with Crippen molar-refractivity contribution in [1.29, 1.82) is 0 Å². The Balaban J connectivity index is 2.74. The highest BCUT2D eigenvalue weighted by atomic mass is 16.6. The van der Waals surface area contributed by atoms with E-state index in [4.69, 9.17) is 0 Å². The first-order chi connectivity index (χ1) is 9.45. The highest BCUT2D eigenvalue weighted by molar-refractivity contribution is 5.49. The second-order valence-corrected chi connectivity index (χ2v) is 4.40. The summed E-state index contributed by atoms with van der Waals surface area (Å²) in [5.41, 5.74) is -0.257. The molecule has 0 saturated heterocycles. The van der Waals surface area contributed by atoms with Gasteiger partial charge in [-0.15, -0.1) is 0 Å². The monoisotopic (exact) mass is 283 g/mol. The summed E-state index contributed by atoms with van der Waals surface area (Å²) in [5, 5.41) is 33.9. The van der Waals surface area contributed by atoms with Crippen LogP contribution in [0.25, 0.3) is 0 Å². The van der Waals surface area contributed by atoms with E-state index in [0.29, 0.717) is 18.5 Å². The number of nitrogens with one attached hydrogen (secondary N) is 1. The Morgan fingerprint density at radius 2 is 2.00 bits per heavy atom. The van der Waals surface area contributed by atoms with Gasteiger partial charge in [0.15, 0.2) is 0 Å². The Labute approximate surface area is 115 Å². The van der Waals surface area contributed by atoms with Crippen LogP contribution in [0.4, 0.5) is 11.4 Å². The van der Waals surface area contributed by atoms with Crippen LogP contribution in [0.3, 0.4) is 0 Å². The first-order valence-corrected chi connectivity index (χ1v) is 6.26. The molecule has 0 aromatic heterocycles. The molecular weight excluding hydrogens is 266 g/mol. The molecule has 0 aliphatic heterocycles. The molecule has 0 aliphatic rings. The van der Waals surface area contributed by atoms with Crippen molar-refractivity contribution in [3.05, 3.63) is 44.0 Å². The lowest BCUT2D eigenvalue weighted by Gasteiger charge is -2.10. The van der Waals surface area contributed by atoms with E-state index >= 15 is 0 Å². The summed E-state index contributed by atoms with van der Waals surface area (Å²) in [7, 11) is 0. The number of nitro benzene ring substituents is 2. The van der Waals surface area contributed by atoms with Crippen molar-refractivity contribution in [2.45, 2.75) is 32.4 Å². The highest BCUT2D eigenvalue weighted by Gasteiger charge is 2.19. The third-order valence-electron chi connectivity index (χ3n) is 2.79. The zero-order chi connectivity index (χ0) is 15.1. The standard InChI is InChI=1S/C12H17N3O5/c1-2-3-11(16)8-13-7-9-4-5-10(14(17)18)6-12(9)15(19)20/h4-6,11,13,16H,2-3,7-8H2,1H3. The van der Waals surface area contributed by atoms with Gasteiger partial charge in [-0.2, -0.15) is 0 Å². The maximum Gasteiger partial charge on any atom is 0.280 e. The molecule has 0 amide bonds. The van der Waals surface area contributed by atoms with Gasteiger partial charge in [-0.25, -0.2) is 0 Å². The maximum atomic E-state index is 10.9. The van der Waals surface area contributed by atoms with Crippen molar-refractivity contribution in [3.63, 3.8) is 0 Å². The van der Waals surface area contributed by atoms with E-state index in [0.717, 1.165) is 12.5 Å². The molecule has 0 heterocycles. The van der Waals surface area contributed by atoms with Gasteiger partial charge in [0.2, 0.25) is 0 Å². The number of non-ortho nitro benzene ring substituents is 1. The van der Waals surface area contributed by atoms with Gasteiger partial charge in [0.25, 0.3) is 11.4 Å². The summed E-state index contributed by atoms with van der Waals surface area (Å²) in [6.45, 7) is 2.45. The molecule has 8 heteroatoms. The van der Waals surface area contributed by atoms with E-state index in [2.05, 4.69) is 5.32 Å². The van der Waals surface area contributed by atoms with Crippen LogP contribution < -0.4 is 5.32 Å². The van der Waals surface area contributed by atoms with Crippen LogP contribution in [0, 0.1) is 20.2 Å². The van der Waals surface area contributed by atoms with Gasteiger partial charge in [0, 0.05) is 24.7 Å². The highest BCUT2D eigenvalue weighted by Crippen LogP contribution is 2.24. The summed E-state index contributed by atoms with van der Waals surface area (Å²) in [4.78, 5) is 20.2. The smallest absolute Gasteiger partial charge is 0.280 e. The SMILES string of the molecule is CCCC(O)CNCc1ccc([N+](=O)[O-])cc1[N+](=O)[O-]. The van der Waals surface area contributed by atoms with E-state index in [-0.39, 0.29) is 17.9 Å². The van der Waals surface area contributed by atoms with E-state index in [9.17, 15) is 25.3 Å². The fourth-order valence-corrected chi connectivity index (χ4v) is 1.79. The van der Waals surface area contributed by atoms with Crippen molar-refractivity contribution in [2.24, 2.45) is 0 Å². The topological polar surface area (TPSA) is 119 Å². The van der Waals surface area contributed by atoms with Crippen molar-refractivity contribution in [1.82, 2.24) is 5.32 Å². The summed E-state index contributed by atoms with van der Waals surface area (Å²) >= 11 is 0. The first-order valence-electron chi connectivity index (χ1n) is 6.26. The van der Waals surface area contributed by atoms with E-state index < -0.39 is 16.0 Å². The minimum atomic E-state index is -0.671. The molecule has 1 rings (SSSR count). The largest absolute Gasteiger partial charge is 0.392 e.